The number of ether oxygens (including phenoxy) is 1. The largest absolute Gasteiger partial charge is 0.508 e. The number of halogens is 1. The molecule has 150 valence electrons. The Balaban J connectivity index is 1.70. The number of carbonyl (C=O) groups is 1. The average Bonchev–Trinajstić information content (AvgIpc) is 2.69. The standard InChI is InChI=1S/C23H23ClN2O3/c1-26(2)11-12-29-22-10-9-19(15-21(22)24)25-23(28)18-7-3-5-16(13-18)17-6-4-8-20(27)14-17/h3-10,13-15,27H,11-12H2,1-2H3,(H,25,28). The number of rotatable bonds is 7. The van der Waals surface area contributed by atoms with Crippen molar-refractivity contribution in [2.45, 2.75) is 0 Å². The van der Waals surface area contributed by atoms with Gasteiger partial charge < -0.3 is 20.1 Å². The van der Waals surface area contributed by atoms with Crippen LogP contribution in [0.25, 0.3) is 11.1 Å². The number of nitrogens with zero attached hydrogens (tertiary/aromatic N) is 1. The number of amides is 1. The average molecular weight is 411 g/mol. The first-order valence-electron chi connectivity index (χ1n) is 9.20. The highest BCUT2D eigenvalue weighted by molar-refractivity contribution is 6.32. The summed E-state index contributed by atoms with van der Waals surface area (Å²) >= 11 is 6.28. The summed E-state index contributed by atoms with van der Waals surface area (Å²) in [4.78, 5) is 14.7. The number of hydrogen-bond donors (Lipinski definition) is 2. The zero-order valence-corrected chi connectivity index (χ0v) is 17.1. The first-order valence-corrected chi connectivity index (χ1v) is 9.58. The lowest BCUT2D eigenvalue weighted by Gasteiger charge is -2.13. The molecule has 3 rings (SSSR count). The van der Waals surface area contributed by atoms with E-state index >= 15 is 0 Å². The highest BCUT2D eigenvalue weighted by atomic mass is 35.5. The molecule has 0 aromatic heterocycles. The van der Waals surface area contributed by atoms with Crippen LogP contribution in [-0.4, -0.2) is 43.2 Å². The van der Waals surface area contributed by atoms with E-state index in [-0.39, 0.29) is 11.7 Å². The molecular weight excluding hydrogens is 388 g/mol. The van der Waals surface area contributed by atoms with Gasteiger partial charge in [-0.1, -0.05) is 35.9 Å². The molecule has 0 fully saturated rings. The van der Waals surface area contributed by atoms with Gasteiger partial charge in [-0.25, -0.2) is 0 Å². The van der Waals surface area contributed by atoms with Gasteiger partial charge in [0.25, 0.3) is 5.91 Å². The maximum atomic E-state index is 12.7. The molecule has 1 amide bonds. The van der Waals surface area contributed by atoms with Crippen molar-refractivity contribution in [1.82, 2.24) is 4.90 Å². The van der Waals surface area contributed by atoms with Crippen LogP contribution in [0.4, 0.5) is 5.69 Å². The monoisotopic (exact) mass is 410 g/mol. The third-order valence-electron chi connectivity index (χ3n) is 4.29. The zero-order valence-electron chi connectivity index (χ0n) is 16.4. The number of aromatic hydroxyl groups is 1. The van der Waals surface area contributed by atoms with E-state index < -0.39 is 0 Å². The van der Waals surface area contributed by atoms with Crippen LogP contribution in [-0.2, 0) is 0 Å². The van der Waals surface area contributed by atoms with E-state index in [0.29, 0.717) is 28.6 Å². The Morgan fingerprint density at radius 2 is 1.76 bits per heavy atom. The van der Waals surface area contributed by atoms with Gasteiger partial charge in [-0.05, 0) is 67.7 Å². The number of benzene rings is 3. The summed E-state index contributed by atoms with van der Waals surface area (Å²) in [5, 5.41) is 13.0. The Labute approximate surface area is 175 Å². The molecule has 2 N–H and O–H groups in total. The van der Waals surface area contributed by atoms with E-state index in [0.717, 1.165) is 17.7 Å². The first kappa shape index (κ1) is 20.7. The predicted octanol–water partition coefficient (Wildman–Crippen LogP) is 4.91. The van der Waals surface area contributed by atoms with E-state index in [2.05, 4.69) is 5.32 Å². The summed E-state index contributed by atoms with van der Waals surface area (Å²) in [6, 6.07) is 19.3. The summed E-state index contributed by atoms with van der Waals surface area (Å²) in [5.74, 6) is 0.515. The highest BCUT2D eigenvalue weighted by Gasteiger charge is 2.10. The van der Waals surface area contributed by atoms with E-state index in [1.54, 1.807) is 48.5 Å². The number of anilines is 1. The van der Waals surface area contributed by atoms with Gasteiger partial charge in [0.05, 0.1) is 5.02 Å². The second-order valence-corrected chi connectivity index (χ2v) is 7.29. The number of likely N-dealkylation sites (N-methyl/N-ethyl adjacent to an activating group) is 1. The Bertz CT molecular complexity index is 1000. The second kappa shape index (κ2) is 9.45. The van der Waals surface area contributed by atoms with Crippen LogP contribution in [0, 0.1) is 0 Å². The third-order valence-corrected chi connectivity index (χ3v) is 4.59. The Morgan fingerprint density at radius 3 is 2.45 bits per heavy atom. The molecule has 29 heavy (non-hydrogen) atoms. The van der Waals surface area contributed by atoms with Crippen molar-refractivity contribution >= 4 is 23.2 Å². The van der Waals surface area contributed by atoms with Gasteiger partial charge in [0.15, 0.2) is 0 Å². The summed E-state index contributed by atoms with van der Waals surface area (Å²) in [6.07, 6.45) is 0. The highest BCUT2D eigenvalue weighted by Crippen LogP contribution is 2.28. The molecule has 3 aromatic rings. The SMILES string of the molecule is CN(C)CCOc1ccc(NC(=O)c2cccc(-c3cccc(O)c3)c2)cc1Cl. The molecule has 0 saturated carbocycles. The predicted molar refractivity (Wildman–Crippen MR) is 117 cm³/mol. The number of carbonyl (C=O) groups excluding carboxylic acids is 1. The molecule has 0 heterocycles. The van der Waals surface area contributed by atoms with Gasteiger partial charge in [-0.3, -0.25) is 4.79 Å². The summed E-state index contributed by atoms with van der Waals surface area (Å²) < 4.78 is 5.66. The van der Waals surface area contributed by atoms with Crippen LogP contribution in [0.5, 0.6) is 11.5 Å². The molecule has 0 radical (unpaired) electrons. The van der Waals surface area contributed by atoms with Gasteiger partial charge in [0, 0.05) is 17.8 Å². The summed E-state index contributed by atoms with van der Waals surface area (Å²) in [5.41, 5.74) is 2.77. The summed E-state index contributed by atoms with van der Waals surface area (Å²) in [6.45, 7) is 1.31. The quantitative estimate of drug-likeness (QED) is 0.581. The molecule has 0 atom stereocenters. The third kappa shape index (κ3) is 5.73. The Morgan fingerprint density at radius 1 is 1.03 bits per heavy atom. The van der Waals surface area contributed by atoms with Crippen molar-refractivity contribution in [3.63, 3.8) is 0 Å². The van der Waals surface area contributed by atoms with Gasteiger partial charge in [-0.2, -0.15) is 0 Å². The van der Waals surface area contributed by atoms with Gasteiger partial charge in [-0.15, -0.1) is 0 Å². The van der Waals surface area contributed by atoms with Crippen molar-refractivity contribution in [3.05, 3.63) is 77.3 Å². The molecule has 0 spiro atoms. The summed E-state index contributed by atoms with van der Waals surface area (Å²) in [7, 11) is 3.94. The van der Waals surface area contributed by atoms with Crippen molar-refractivity contribution in [2.24, 2.45) is 0 Å². The minimum atomic E-state index is -0.246. The lowest BCUT2D eigenvalue weighted by molar-refractivity contribution is 0.102. The van der Waals surface area contributed by atoms with Gasteiger partial charge in [0.1, 0.15) is 18.1 Å². The maximum absolute atomic E-state index is 12.7. The fourth-order valence-electron chi connectivity index (χ4n) is 2.76. The lowest BCUT2D eigenvalue weighted by Crippen LogP contribution is -2.19. The fraction of sp³-hybridized carbons (Fsp3) is 0.174. The van der Waals surface area contributed by atoms with Crippen LogP contribution in [0.3, 0.4) is 0 Å². The van der Waals surface area contributed by atoms with E-state index in [1.165, 1.54) is 0 Å². The normalized spacial score (nSPS) is 10.8. The minimum Gasteiger partial charge on any atom is -0.508 e. The molecule has 0 aliphatic heterocycles. The van der Waals surface area contributed by atoms with Crippen molar-refractivity contribution in [2.75, 3.05) is 32.6 Å². The minimum absolute atomic E-state index is 0.180. The van der Waals surface area contributed by atoms with Crippen molar-refractivity contribution < 1.29 is 14.6 Å². The van der Waals surface area contributed by atoms with Crippen LogP contribution < -0.4 is 10.1 Å². The fourth-order valence-corrected chi connectivity index (χ4v) is 3.00. The first-order chi connectivity index (χ1) is 13.9. The van der Waals surface area contributed by atoms with Crippen LogP contribution in [0.2, 0.25) is 5.02 Å². The van der Waals surface area contributed by atoms with Crippen LogP contribution in [0.1, 0.15) is 10.4 Å². The number of phenolic OH excluding ortho intramolecular Hbond substituents is 1. The molecule has 0 aliphatic rings. The molecule has 0 aliphatic carbocycles. The topological polar surface area (TPSA) is 61.8 Å². The molecule has 3 aromatic carbocycles. The molecule has 0 unspecified atom stereocenters. The second-order valence-electron chi connectivity index (χ2n) is 6.88. The molecule has 0 saturated heterocycles. The molecular formula is C23H23ClN2O3. The Kier molecular flexibility index (Phi) is 6.75. The van der Waals surface area contributed by atoms with E-state index in [1.807, 2.05) is 37.2 Å². The number of nitrogens with one attached hydrogen (secondary N) is 1. The van der Waals surface area contributed by atoms with E-state index in [9.17, 15) is 9.90 Å². The van der Waals surface area contributed by atoms with Gasteiger partial charge >= 0.3 is 0 Å². The smallest absolute Gasteiger partial charge is 0.255 e. The van der Waals surface area contributed by atoms with Crippen LogP contribution in [0.15, 0.2) is 66.7 Å². The van der Waals surface area contributed by atoms with Gasteiger partial charge in [0.2, 0.25) is 0 Å². The van der Waals surface area contributed by atoms with Crippen molar-refractivity contribution in [1.29, 1.82) is 0 Å². The molecule has 5 nitrogen and oxygen atoms in total. The number of phenols is 1. The lowest BCUT2D eigenvalue weighted by atomic mass is 10.0. The van der Waals surface area contributed by atoms with Crippen molar-refractivity contribution in [3.8, 4) is 22.6 Å². The number of hydrogen-bond acceptors (Lipinski definition) is 4. The maximum Gasteiger partial charge on any atom is 0.255 e. The molecule has 0 bridgehead atoms. The van der Waals surface area contributed by atoms with Crippen LogP contribution >= 0.6 is 11.6 Å². The Hall–Kier alpha value is -3.02. The van der Waals surface area contributed by atoms with E-state index in [4.69, 9.17) is 16.3 Å². The molecule has 6 heteroatoms. The zero-order chi connectivity index (χ0) is 20.8.